The van der Waals surface area contributed by atoms with E-state index in [1.54, 1.807) is 24.1 Å². The van der Waals surface area contributed by atoms with Gasteiger partial charge in [0.05, 0.1) is 18.7 Å². The second-order valence-corrected chi connectivity index (χ2v) is 9.08. The van der Waals surface area contributed by atoms with Gasteiger partial charge in [0.15, 0.2) is 16.6 Å². The number of fused-ring (bicyclic) bond motifs is 1. The van der Waals surface area contributed by atoms with Crippen LogP contribution in [0.4, 0.5) is 10.8 Å². The summed E-state index contributed by atoms with van der Waals surface area (Å²) in [7, 11) is 1.62. The van der Waals surface area contributed by atoms with Gasteiger partial charge in [0.2, 0.25) is 11.8 Å². The van der Waals surface area contributed by atoms with Crippen molar-refractivity contribution in [3.8, 4) is 28.5 Å². The molecule has 0 spiro atoms. The predicted molar refractivity (Wildman–Crippen MR) is 125 cm³/mol. The number of benzene rings is 2. The molecule has 33 heavy (non-hydrogen) atoms. The molecular formula is C24H23N3O5S. The smallest absolute Gasteiger partial charge is 0.231 e. The first-order chi connectivity index (χ1) is 16.0. The Kier molecular flexibility index (Phi) is 5.63. The molecule has 3 aromatic rings. The molecule has 2 aromatic carbocycles. The lowest BCUT2D eigenvalue weighted by molar-refractivity contribution is -0.122. The minimum atomic E-state index is -0.459. The van der Waals surface area contributed by atoms with Crippen LogP contribution in [0.15, 0.2) is 42.5 Å². The van der Waals surface area contributed by atoms with Gasteiger partial charge in [0.25, 0.3) is 0 Å². The second kappa shape index (κ2) is 8.74. The Morgan fingerprint density at radius 3 is 2.67 bits per heavy atom. The van der Waals surface area contributed by atoms with Crippen molar-refractivity contribution in [2.45, 2.75) is 13.3 Å². The van der Waals surface area contributed by atoms with E-state index >= 15 is 0 Å². The molecule has 1 aromatic heterocycles. The summed E-state index contributed by atoms with van der Waals surface area (Å²) in [4.78, 5) is 32.8. The zero-order valence-corrected chi connectivity index (χ0v) is 19.1. The number of nitrogens with zero attached hydrogens (tertiary/aromatic N) is 2. The highest BCUT2D eigenvalue weighted by molar-refractivity contribution is 7.16. The van der Waals surface area contributed by atoms with E-state index in [9.17, 15) is 9.59 Å². The van der Waals surface area contributed by atoms with E-state index < -0.39 is 5.92 Å². The maximum atomic E-state index is 12.9. The third kappa shape index (κ3) is 4.23. The van der Waals surface area contributed by atoms with Gasteiger partial charge in [0, 0.05) is 35.2 Å². The molecule has 0 radical (unpaired) electrons. The van der Waals surface area contributed by atoms with Gasteiger partial charge in [0.1, 0.15) is 19.0 Å². The number of aromatic nitrogens is 1. The van der Waals surface area contributed by atoms with E-state index in [4.69, 9.17) is 14.2 Å². The molecule has 2 aliphatic heterocycles. The highest BCUT2D eigenvalue weighted by Crippen LogP contribution is 2.36. The quantitative estimate of drug-likeness (QED) is 0.615. The second-order valence-electron chi connectivity index (χ2n) is 7.87. The maximum absolute atomic E-state index is 12.9. The molecule has 2 amide bonds. The molecule has 0 aliphatic carbocycles. The predicted octanol–water partition coefficient (Wildman–Crippen LogP) is 3.89. The molecule has 9 heteroatoms. The zero-order valence-electron chi connectivity index (χ0n) is 18.3. The fourth-order valence-corrected chi connectivity index (χ4v) is 4.85. The van der Waals surface area contributed by atoms with E-state index in [1.165, 1.54) is 11.3 Å². The highest BCUT2D eigenvalue weighted by Gasteiger charge is 2.36. The summed E-state index contributed by atoms with van der Waals surface area (Å²) < 4.78 is 16.4. The lowest BCUT2D eigenvalue weighted by Gasteiger charge is -2.22. The van der Waals surface area contributed by atoms with Crippen molar-refractivity contribution in [2.75, 3.05) is 37.1 Å². The van der Waals surface area contributed by atoms with Crippen LogP contribution in [0.1, 0.15) is 11.3 Å². The SMILES string of the molecule is COc1ccc(-c2nc(NC(=O)[C@@H]3CC(=O)N(c4ccc5c(c4)OCCO5)C3)sc2C)cc1. The van der Waals surface area contributed by atoms with Gasteiger partial charge >= 0.3 is 0 Å². The maximum Gasteiger partial charge on any atom is 0.231 e. The molecule has 3 heterocycles. The van der Waals surface area contributed by atoms with Gasteiger partial charge in [-0.1, -0.05) is 0 Å². The first-order valence-corrected chi connectivity index (χ1v) is 11.5. The molecule has 0 unspecified atom stereocenters. The van der Waals surface area contributed by atoms with Crippen molar-refractivity contribution in [2.24, 2.45) is 5.92 Å². The number of methoxy groups -OCH3 is 1. The van der Waals surface area contributed by atoms with Crippen molar-refractivity contribution in [1.82, 2.24) is 4.98 Å². The average molecular weight is 466 g/mol. The molecule has 2 aliphatic rings. The number of thiazole rings is 1. The summed E-state index contributed by atoms with van der Waals surface area (Å²) in [5, 5.41) is 3.42. The summed E-state index contributed by atoms with van der Waals surface area (Å²) >= 11 is 1.42. The molecule has 170 valence electrons. The summed E-state index contributed by atoms with van der Waals surface area (Å²) in [6.07, 6.45) is 0.149. The molecule has 1 saturated heterocycles. The van der Waals surface area contributed by atoms with Crippen LogP contribution in [0, 0.1) is 12.8 Å². The number of amides is 2. The number of aryl methyl sites for hydroxylation is 1. The highest BCUT2D eigenvalue weighted by atomic mass is 32.1. The van der Waals surface area contributed by atoms with E-state index in [0.29, 0.717) is 42.1 Å². The number of hydrogen-bond donors (Lipinski definition) is 1. The van der Waals surface area contributed by atoms with Gasteiger partial charge < -0.3 is 24.4 Å². The minimum Gasteiger partial charge on any atom is -0.497 e. The van der Waals surface area contributed by atoms with Crippen molar-refractivity contribution >= 4 is 34.0 Å². The number of anilines is 2. The largest absolute Gasteiger partial charge is 0.497 e. The Balaban J connectivity index is 1.27. The molecule has 1 N–H and O–H groups in total. The Morgan fingerprint density at radius 1 is 1.15 bits per heavy atom. The first kappa shape index (κ1) is 21.3. The van der Waals surface area contributed by atoms with Crippen molar-refractivity contribution < 1.29 is 23.8 Å². The van der Waals surface area contributed by atoms with E-state index in [2.05, 4.69) is 10.3 Å². The fraction of sp³-hybridized carbons (Fsp3) is 0.292. The van der Waals surface area contributed by atoms with E-state index in [-0.39, 0.29) is 18.2 Å². The van der Waals surface area contributed by atoms with Gasteiger partial charge in [-0.05, 0) is 43.3 Å². The Hall–Kier alpha value is -3.59. The van der Waals surface area contributed by atoms with Crippen LogP contribution in [0.25, 0.3) is 11.3 Å². The third-order valence-electron chi connectivity index (χ3n) is 5.72. The standard InChI is InChI=1S/C24H23N3O5S/c1-14-22(15-3-6-18(30-2)7-4-15)25-24(33-14)26-23(29)16-11-21(28)27(13-16)17-5-8-19-20(12-17)32-10-9-31-19/h3-8,12,16H,9-11,13H2,1-2H3,(H,25,26,29)/t16-/m1/s1. The number of ether oxygens (including phenoxy) is 3. The summed E-state index contributed by atoms with van der Waals surface area (Å²) in [5.74, 6) is 1.29. The number of rotatable bonds is 5. The van der Waals surface area contributed by atoms with Crippen LogP contribution < -0.4 is 24.4 Å². The molecule has 1 atom stereocenters. The van der Waals surface area contributed by atoms with E-state index in [1.807, 2.05) is 37.3 Å². The van der Waals surface area contributed by atoms with Crippen LogP contribution in [-0.2, 0) is 9.59 Å². The lowest BCUT2D eigenvalue weighted by Crippen LogP contribution is -2.28. The normalized spacial score (nSPS) is 17.2. The summed E-state index contributed by atoms with van der Waals surface area (Å²) in [5.41, 5.74) is 2.47. The van der Waals surface area contributed by atoms with Crippen LogP contribution in [-0.4, -0.2) is 43.7 Å². The van der Waals surface area contributed by atoms with Crippen molar-refractivity contribution in [3.05, 3.63) is 47.3 Å². The van der Waals surface area contributed by atoms with Crippen LogP contribution in [0.5, 0.6) is 17.2 Å². The van der Waals surface area contributed by atoms with Crippen molar-refractivity contribution in [3.63, 3.8) is 0 Å². The van der Waals surface area contributed by atoms with Crippen LogP contribution in [0.2, 0.25) is 0 Å². The van der Waals surface area contributed by atoms with E-state index in [0.717, 1.165) is 21.9 Å². The molecule has 0 bridgehead atoms. The van der Waals surface area contributed by atoms with Gasteiger partial charge in [-0.15, -0.1) is 11.3 Å². The summed E-state index contributed by atoms with van der Waals surface area (Å²) in [6, 6.07) is 13.0. The van der Waals surface area contributed by atoms with Gasteiger partial charge in [-0.3, -0.25) is 9.59 Å². The average Bonchev–Trinajstić information content (AvgIpc) is 3.41. The topological polar surface area (TPSA) is 90.0 Å². The minimum absolute atomic E-state index is 0.0962. The molecule has 5 rings (SSSR count). The fourth-order valence-electron chi connectivity index (χ4n) is 4.01. The Bertz CT molecular complexity index is 1210. The van der Waals surface area contributed by atoms with Crippen molar-refractivity contribution in [1.29, 1.82) is 0 Å². The summed E-state index contributed by atoms with van der Waals surface area (Å²) in [6.45, 7) is 3.25. The molecule has 8 nitrogen and oxygen atoms in total. The molecular weight excluding hydrogens is 442 g/mol. The lowest BCUT2D eigenvalue weighted by atomic mass is 10.1. The molecule has 1 fully saturated rings. The number of carbonyl (C=O) groups is 2. The number of nitrogens with one attached hydrogen (secondary N) is 1. The first-order valence-electron chi connectivity index (χ1n) is 10.6. The van der Waals surface area contributed by atoms with Gasteiger partial charge in [-0.25, -0.2) is 4.98 Å². The van der Waals surface area contributed by atoms with Crippen LogP contribution in [0.3, 0.4) is 0 Å². The zero-order chi connectivity index (χ0) is 22.9. The Labute approximate surface area is 195 Å². The molecule has 0 saturated carbocycles. The van der Waals surface area contributed by atoms with Crippen LogP contribution >= 0.6 is 11.3 Å². The third-order valence-corrected chi connectivity index (χ3v) is 6.61. The van der Waals surface area contributed by atoms with Gasteiger partial charge in [-0.2, -0.15) is 0 Å². The number of carbonyl (C=O) groups excluding carboxylic acids is 2. The Morgan fingerprint density at radius 2 is 1.91 bits per heavy atom. The monoisotopic (exact) mass is 465 g/mol. The number of hydrogen-bond acceptors (Lipinski definition) is 7.